The lowest BCUT2D eigenvalue weighted by Gasteiger charge is -2.29. The number of nitriles is 1. The lowest BCUT2D eigenvalue weighted by Crippen LogP contribution is -2.25. The molecule has 3 heteroatoms. The summed E-state index contributed by atoms with van der Waals surface area (Å²) in [6, 6.07) is 19.7. The topological polar surface area (TPSA) is 36.3 Å². The Morgan fingerprint density at radius 2 is 1.80 bits per heavy atom. The van der Waals surface area contributed by atoms with Crippen LogP contribution < -0.4 is 0 Å². The first-order valence-electron chi connectivity index (χ1n) is 6.50. The molecule has 2 aromatic carbocycles. The highest BCUT2D eigenvalue weighted by Gasteiger charge is 2.23. The van der Waals surface area contributed by atoms with Crippen LogP contribution in [-0.2, 0) is 11.4 Å². The molecule has 1 aliphatic rings. The maximum Gasteiger partial charge on any atom is 0.167 e. The largest absolute Gasteiger partial charge is 0.268 e. The van der Waals surface area contributed by atoms with Crippen molar-refractivity contribution in [3.8, 4) is 6.07 Å². The van der Waals surface area contributed by atoms with Gasteiger partial charge >= 0.3 is 0 Å². The Balaban J connectivity index is 1.77. The number of rotatable bonds is 3. The summed E-state index contributed by atoms with van der Waals surface area (Å²) in [5, 5.41) is 11.0. The normalized spacial score (nSPS) is 16.6. The van der Waals surface area contributed by atoms with Crippen molar-refractivity contribution < 1.29 is 4.84 Å². The van der Waals surface area contributed by atoms with Gasteiger partial charge in [0.1, 0.15) is 0 Å². The Morgan fingerprint density at radius 1 is 1.05 bits per heavy atom. The fourth-order valence-electron chi connectivity index (χ4n) is 2.26. The van der Waals surface area contributed by atoms with Crippen molar-refractivity contribution in [3.05, 3.63) is 77.5 Å². The van der Waals surface area contributed by atoms with Crippen molar-refractivity contribution in [2.75, 3.05) is 0 Å². The van der Waals surface area contributed by atoms with Gasteiger partial charge in [-0.15, -0.1) is 0 Å². The first kappa shape index (κ1) is 12.5. The van der Waals surface area contributed by atoms with Crippen LogP contribution in [0, 0.1) is 11.3 Å². The van der Waals surface area contributed by atoms with Crippen molar-refractivity contribution >= 4 is 6.08 Å². The second-order valence-corrected chi connectivity index (χ2v) is 4.60. The highest BCUT2D eigenvalue weighted by atomic mass is 16.7. The number of nitrogens with zero attached hydrogens (tertiary/aromatic N) is 2. The van der Waals surface area contributed by atoms with Gasteiger partial charge in [0.2, 0.25) is 0 Å². The van der Waals surface area contributed by atoms with Crippen LogP contribution in [-0.4, -0.2) is 5.06 Å². The van der Waals surface area contributed by atoms with Gasteiger partial charge in [0.25, 0.3) is 0 Å². The van der Waals surface area contributed by atoms with Gasteiger partial charge in [0, 0.05) is 6.20 Å². The highest BCUT2D eigenvalue weighted by molar-refractivity contribution is 5.57. The average molecular weight is 262 g/mol. The zero-order valence-corrected chi connectivity index (χ0v) is 10.9. The molecule has 0 spiro atoms. The summed E-state index contributed by atoms with van der Waals surface area (Å²) in [4.78, 5) is 5.75. The third kappa shape index (κ3) is 2.42. The molecule has 0 fully saturated rings. The van der Waals surface area contributed by atoms with E-state index in [1.54, 1.807) is 5.06 Å². The lowest BCUT2D eigenvalue weighted by molar-refractivity contribution is -0.149. The van der Waals surface area contributed by atoms with E-state index in [1.165, 1.54) is 0 Å². The van der Waals surface area contributed by atoms with Crippen LogP contribution in [0.25, 0.3) is 6.08 Å². The van der Waals surface area contributed by atoms with Crippen LogP contribution >= 0.6 is 0 Å². The van der Waals surface area contributed by atoms with Gasteiger partial charge in [0.15, 0.2) is 6.04 Å². The Bertz CT molecular complexity index is 658. The smallest absolute Gasteiger partial charge is 0.167 e. The molecule has 0 saturated heterocycles. The zero-order valence-electron chi connectivity index (χ0n) is 10.9. The van der Waals surface area contributed by atoms with E-state index in [9.17, 15) is 5.26 Å². The maximum absolute atomic E-state index is 9.40. The number of benzene rings is 2. The Morgan fingerprint density at radius 3 is 2.60 bits per heavy atom. The minimum absolute atomic E-state index is 0.403. The van der Waals surface area contributed by atoms with Gasteiger partial charge in [-0.05, 0) is 22.8 Å². The molecular formula is C17H14N2O. The third-order valence-electron chi connectivity index (χ3n) is 3.29. The molecule has 1 heterocycles. The standard InChI is InChI=1S/C17H14N2O/c18-12-17-16-9-5-4-8-15(16)10-11-19(17)20-13-14-6-2-1-3-7-14/h1-11,17H,13H2. The predicted octanol–water partition coefficient (Wildman–Crippen LogP) is 3.67. The Kier molecular flexibility index (Phi) is 3.49. The minimum atomic E-state index is -0.403. The quantitative estimate of drug-likeness (QED) is 0.846. The van der Waals surface area contributed by atoms with Gasteiger partial charge in [0.05, 0.1) is 12.7 Å². The minimum Gasteiger partial charge on any atom is -0.268 e. The molecule has 20 heavy (non-hydrogen) atoms. The van der Waals surface area contributed by atoms with E-state index in [1.807, 2.05) is 66.9 Å². The van der Waals surface area contributed by atoms with Crippen LogP contribution in [0.4, 0.5) is 0 Å². The van der Waals surface area contributed by atoms with E-state index >= 15 is 0 Å². The molecule has 1 unspecified atom stereocenters. The van der Waals surface area contributed by atoms with Gasteiger partial charge < -0.3 is 0 Å². The van der Waals surface area contributed by atoms with Crippen molar-refractivity contribution in [3.63, 3.8) is 0 Å². The number of hydroxylamine groups is 2. The Labute approximate surface area is 118 Å². The van der Waals surface area contributed by atoms with Crippen molar-refractivity contribution in [1.29, 1.82) is 5.26 Å². The average Bonchev–Trinajstić information content (AvgIpc) is 2.53. The molecule has 0 bridgehead atoms. The fraction of sp³-hybridized carbons (Fsp3) is 0.118. The molecule has 0 radical (unpaired) electrons. The molecule has 0 N–H and O–H groups in total. The van der Waals surface area contributed by atoms with Crippen molar-refractivity contribution in [2.24, 2.45) is 0 Å². The number of fused-ring (bicyclic) bond motifs is 1. The molecule has 0 aliphatic carbocycles. The third-order valence-corrected chi connectivity index (χ3v) is 3.29. The maximum atomic E-state index is 9.40. The summed E-state index contributed by atoms with van der Waals surface area (Å²) in [5.41, 5.74) is 3.13. The lowest BCUT2D eigenvalue weighted by atomic mass is 9.98. The molecule has 0 amide bonds. The monoisotopic (exact) mass is 262 g/mol. The van der Waals surface area contributed by atoms with E-state index in [0.29, 0.717) is 6.61 Å². The van der Waals surface area contributed by atoms with E-state index in [-0.39, 0.29) is 0 Å². The molecule has 3 rings (SSSR count). The zero-order chi connectivity index (χ0) is 13.8. The highest BCUT2D eigenvalue weighted by Crippen LogP contribution is 2.30. The summed E-state index contributed by atoms with van der Waals surface area (Å²) in [5.74, 6) is 0. The van der Waals surface area contributed by atoms with E-state index in [4.69, 9.17) is 4.84 Å². The predicted molar refractivity (Wildman–Crippen MR) is 76.9 cm³/mol. The van der Waals surface area contributed by atoms with Gasteiger partial charge in [-0.2, -0.15) is 5.26 Å². The fourth-order valence-corrected chi connectivity index (χ4v) is 2.26. The molecule has 98 valence electrons. The van der Waals surface area contributed by atoms with Gasteiger partial charge in [-0.3, -0.25) is 4.84 Å². The number of hydrogen-bond donors (Lipinski definition) is 0. The summed E-state index contributed by atoms with van der Waals surface area (Å²) < 4.78 is 0. The SMILES string of the molecule is N#CC1c2ccccc2C=CN1OCc1ccccc1. The second kappa shape index (κ2) is 5.60. The summed E-state index contributed by atoms with van der Waals surface area (Å²) in [7, 11) is 0. The van der Waals surface area contributed by atoms with Crippen LogP contribution in [0.5, 0.6) is 0 Å². The van der Waals surface area contributed by atoms with Crippen molar-refractivity contribution in [1.82, 2.24) is 5.06 Å². The Hall–Kier alpha value is -2.57. The first-order chi connectivity index (χ1) is 9.88. The van der Waals surface area contributed by atoms with Crippen LogP contribution in [0.2, 0.25) is 0 Å². The van der Waals surface area contributed by atoms with Crippen molar-refractivity contribution in [2.45, 2.75) is 12.6 Å². The second-order valence-electron chi connectivity index (χ2n) is 4.60. The summed E-state index contributed by atoms with van der Waals surface area (Å²) in [6.45, 7) is 0.450. The summed E-state index contributed by atoms with van der Waals surface area (Å²) in [6.07, 6.45) is 3.79. The van der Waals surface area contributed by atoms with Crippen LogP contribution in [0.3, 0.4) is 0 Å². The molecule has 1 aliphatic heterocycles. The molecule has 0 aromatic heterocycles. The van der Waals surface area contributed by atoms with Crippen LogP contribution in [0.1, 0.15) is 22.7 Å². The van der Waals surface area contributed by atoms with E-state index in [0.717, 1.165) is 16.7 Å². The summed E-state index contributed by atoms with van der Waals surface area (Å²) >= 11 is 0. The van der Waals surface area contributed by atoms with E-state index < -0.39 is 6.04 Å². The van der Waals surface area contributed by atoms with Crippen LogP contribution in [0.15, 0.2) is 60.8 Å². The molecule has 2 aromatic rings. The van der Waals surface area contributed by atoms with Gasteiger partial charge in [-0.25, -0.2) is 5.06 Å². The van der Waals surface area contributed by atoms with Gasteiger partial charge in [-0.1, -0.05) is 54.6 Å². The number of hydrogen-bond acceptors (Lipinski definition) is 3. The molecular weight excluding hydrogens is 248 g/mol. The van der Waals surface area contributed by atoms with E-state index in [2.05, 4.69) is 6.07 Å². The molecule has 3 nitrogen and oxygen atoms in total. The molecule has 1 atom stereocenters. The first-order valence-corrected chi connectivity index (χ1v) is 6.50. The molecule has 0 saturated carbocycles.